The Hall–Kier alpha value is -0.240. The van der Waals surface area contributed by atoms with Crippen LogP contribution in [0.1, 0.15) is 0 Å². The molecule has 84 valence electrons. The van der Waals surface area contributed by atoms with E-state index in [2.05, 4.69) is 11.6 Å². The maximum absolute atomic E-state index is 10.3. The Morgan fingerprint density at radius 1 is 1.64 bits per heavy atom. The van der Waals surface area contributed by atoms with Crippen molar-refractivity contribution in [3.05, 3.63) is 12.7 Å². The van der Waals surface area contributed by atoms with Crippen molar-refractivity contribution < 1.29 is 13.0 Å². The van der Waals surface area contributed by atoms with Crippen LogP contribution in [0, 0.1) is 0 Å². The van der Waals surface area contributed by atoms with Gasteiger partial charge in [0.1, 0.15) is 0 Å². The van der Waals surface area contributed by atoms with E-state index in [0.29, 0.717) is 11.7 Å². The highest BCUT2D eigenvalue weighted by Gasteiger charge is 2.04. The molecule has 0 heterocycles. The molecule has 0 rings (SSSR count). The molecule has 0 aromatic rings. The maximum atomic E-state index is 10.3. The van der Waals surface area contributed by atoms with E-state index in [4.69, 9.17) is 10.3 Å². The number of thioether (sulfide) groups is 1. The van der Waals surface area contributed by atoms with Gasteiger partial charge in [0, 0.05) is 5.75 Å². The summed E-state index contributed by atoms with van der Waals surface area (Å²) in [5.41, 5.74) is 5.38. The third kappa shape index (κ3) is 11.8. The van der Waals surface area contributed by atoms with Gasteiger partial charge in [-0.2, -0.15) is 8.42 Å². The fraction of sp³-hybridized carbons (Fsp3) is 0.500. The highest BCUT2D eigenvalue weighted by molar-refractivity contribution is 8.14. The lowest BCUT2D eigenvalue weighted by Gasteiger charge is -1.97. The third-order valence-electron chi connectivity index (χ3n) is 0.967. The van der Waals surface area contributed by atoms with Crippen molar-refractivity contribution in [2.24, 2.45) is 10.7 Å². The van der Waals surface area contributed by atoms with Gasteiger partial charge in [0.2, 0.25) is 0 Å². The highest BCUT2D eigenvalue weighted by Crippen LogP contribution is 2.00. The van der Waals surface area contributed by atoms with Gasteiger partial charge in [-0.25, -0.2) is 0 Å². The maximum Gasteiger partial charge on any atom is 0.265 e. The van der Waals surface area contributed by atoms with Crippen LogP contribution in [0.3, 0.4) is 0 Å². The van der Waals surface area contributed by atoms with Crippen LogP contribution >= 0.6 is 24.2 Å². The molecule has 0 unspecified atom stereocenters. The summed E-state index contributed by atoms with van der Waals surface area (Å²) in [7, 11) is -3.89. The number of hydrogen-bond donors (Lipinski definition) is 2. The first-order chi connectivity index (χ1) is 5.95. The second-order valence-electron chi connectivity index (χ2n) is 2.10. The molecule has 0 fully saturated rings. The molecule has 0 aliphatic rings. The first-order valence-electron chi connectivity index (χ1n) is 3.44. The first-order valence-corrected chi connectivity index (χ1v) is 6.04. The second-order valence-corrected chi connectivity index (χ2v) is 4.79. The third-order valence-corrected chi connectivity index (χ3v) is 2.78. The zero-order valence-corrected chi connectivity index (χ0v) is 9.87. The zero-order chi connectivity index (χ0) is 10.3. The molecular formula is C6H13ClN2O3S2. The van der Waals surface area contributed by atoms with Crippen LogP contribution in [0.2, 0.25) is 0 Å². The Bertz CT molecular complexity index is 289. The van der Waals surface area contributed by atoms with Crippen molar-refractivity contribution in [1.29, 1.82) is 0 Å². The predicted octanol–water partition coefficient (Wildman–Crippen LogP) is 0.530. The SMILES string of the molecule is C=CCN=C(N)SCCS(=O)(=O)O.Cl. The van der Waals surface area contributed by atoms with E-state index in [1.54, 1.807) is 6.08 Å². The summed E-state index contributed by atoms with van der Waals surface area (Å²) in [6.45, 7) is 3.85. The van der Waals surface area contributed by atoms with Gasteiger partial charge < -0.3 is 5.73 Å². The van der Waals surface area contributed by atoms with E-state index in [0.717, 1.165) is 11.8 Å². The predicted molar refractivity (Wildman–Crippen MR) is 62.8 cm³/mol. The van der Waals surface area contributed by atoms with Gasteiger partial charge in [-0.05, 0) is 0 Å². The van der Waals surface area contributed by atoms with Gasteiger partial charge in [0.25, 0.3) is 10.1 Å². The van der Waals surface area contributed by atoms with E-state index in [9.17, 15) is 8.42 Å². The fourth-order valence-electron chi connectivity index (χ4n) is 0.452. The molecule has 5 nitrogen and oxygen atoms in total. The van der Waals surface area contributed by atoms with Crippen LogP contribution in [0.5, 0.6) is 0 Å². The molecule has 0 amide bonds. The lowest BCUT2D eigenvalue weighted by atomic mass is 10.7. The average Bonchev–Trinajstić information content (AvgIpc) is 1.98. The molecule has 0 aromatic heterocycles. The molecule has 14 heavy (non-hydrogen) atoms. The van der Waals surface area contributed by atoms with E-state index in [-0.39, 0.29) is 23.9 Å². The van der Waals surface area contributed by atoms with E-state index in [1.807, 2.05) is 0 Å². The molecule has 0 saturated heterocycles. The minimum atomic E-state index is -3.89. The molecule has 0 aromatic carbocycles. The minimum Gasteiger partial charge on any atom is -0.379 e. The topological polar surface area (TPSA) is 92.8 Å². The summed E-state index contributed by atoms with van der Waals surface area (Å²) in [6, 6.07) is 0. The Morgan fingerprint density at radius 2 is 2.21 bits per heavy atom. The van der Waals surface area contributed by atoms with Crippen LogP contribution in [-0.4, -0.2) is 36.2 Å². The summed E-state index contributed by atoms with van der Waals surface area (Å²) >= 11 is 1.08. The van der Waals surface area contributed by atoms with Crippen molar-refractivity contribution >= 4 is 39.5 Å². The molecule has 0 spiro atoms. The summed E-state index contributed by atoms with van der Waals surface area (Å²) in [6.07, 6.45) is 1.58. The number of aliphatic imine (C=N–C) groups is 1. The van der Waals surface area contributed by atoms with Crippen LogP contribution in [0.25, 0.3) is 0 Å². The smallest absolute Gasteiger partial charge is 0.265 e. The molecule has 3 N–H and O–H groups in total. The van der Waals surface area contributed by atoms with E-state index >= 15 is 0 Å². The first kappa shape index (κ1) is 16.2. The van der Waals surface area contributed by atoms with E-state index in [1.165, 1.54) is 0 Å². The highest BCUT2D eigenvalue weighted by atomic mass is 35.5. The molecule has 8 heteroatoms. The molecule has 0 aliphatic heterocycles. The lowest BCUT2D eigenvalue weighted by molar-refractivity contribution is 0.485. The fourth-order valence-corrected chi connectivity index (χ4v) is 2.00. The molecule has 0 saturated carbocycles. The number of amidine groups is 1. The Balaban J connectivity index is 0. The van der Waals surface area contributed by atoms with Crippen LogP contribution in [0.15, 0.2) is 17.6 Å². The Kier molecular flexibility index (Phi) is 9.37. The molecule has 0 radical (unpaired) electrons. The number of hydrogen-bond acceptors (Lipinski definition) is 4. The average molecular weight is 261 g/mol. The van der Waals surface area contributed by atoms with Gasteiger partial charge in [-0.3, -0.25) is 9.55 Å². The monoisotopic (exact) mass is 260 g/mol. The van der Waals surface area contributed by atoms with Crippen molar-refractivity contribution in [1.82, 2.24) is 0 Å². The van der Waals surface area contributed by atoms with Crippen molar-refractivity contribution in [2.75, 3.05) is 18.1 Å². The molecule has 0 aliphatic carbocycles. The second kappa shape index (κ2) is 8.10. The summed E-state index contributed by atoms with van der Waals surface area (Å²) in [4.78, 5) is 3.83. The van der Waals surface area contributed by atoms with E-state index < -0.39 is 10.1 Å². The summed E-state index contributed by atoms with van der Waals surface area (Å²) < 4.78 is 28.9. The lowest BCUT2D eigenvalue weighted by Crippen LogP contribution is -2.12. The largest absolute Gasteiger partial charge is 0.379 e. The van der Waals surface area contributed by atoms with Gasteiger partial charge in [0.05, 0.1) is 12.3 Å². The van der Waals surface area contributed by atoms with Crippen LogP contribution < -0.4 is 5.73 Å². The number of nitrogens with two attached hydrogens (primary N) is 1. The normalized spacial score (nSPS) is 11.9. The Labute approximate surface area is 94.0 Å². The number of nitrogens with zero attached hydrogens (tertiary/aromatic N) is 1. The van der Waals surface area contributed by atoms with Gasteiger partial charge in [-0.15, -0.1) is 19.0 Å². The molecule has 0 atom stereocenters. The van der Waals surface area contributed by atoms with Gasteiger partial charge in [0.15, 0.2) is 5.17 Å². The van der Waals surface area contributed by atoms with Crippen molar-refractivity contribution in [2.45, 2.75) is 0 Å². The number of rotatable bonds is 5. The quantitative estimate of drug-likeness (QED) is 0.326. The standard InChI is InChI=1S/C6H12N2O3S2.ClH/c1-2-3-8-6(7)12-4-5-13(9,10)11;/h2H,1,3-5H2,(H2,7,8)(H,9,10,11);1H. The van der Waals surface area contributed by atoms with Crippen LogP contribution in [0.4, 0.5) is 0 Å². The summed E-state index contributed by atoms with van der Waals surface area (Å²) in [5, 5.41) is 0.295. The van der Waals surface area contributed by atoms with Crippen LogP contribution in [-0.2, 0) is 10.1 Å². The van der Waals surface area contributed by atoms with Gasteiger partial charge in [-0.1, -0.05) is 17.8 Å². The summed E-state index contributed by atoms with van der Waals surface area (Å²) in [5.74, 6) is -0.118. The zero-order valence-electron chi connectivity index (χ0n) is 7.42. The minimum absolute atomic E-state index is 0. The Morgan fingerprint density at radius 3 is 2.64 bits per heavy atom. The number of halogens is 1. The molecular weight excluding hydrogens is 248 g/mol. The van der Waals surface area contributed by atoms with Crippen molar-refractivity contribution in [3.8, 4) is 0 Å². The van der Waals surface area contributed by atoms with Crippen molar-refractivity contribution in [3.63, 3.8) is 0 Å². The molecule has 0 bridgehead atoms. The van der Waals surface area contributed by atoms with Gasteiger partial charge >= 0.3 is 0 Å².